The Balaban J connectivity index is 1.87. The second-order valence-electron chi connectivity index (χ2n) is 7.29. The van der Waals surface area contributed by atoms with Gasteiger partial charge in [-0.05, 0) is 35.6 Å². The van der Waals surface area contributed by atoms with Gasteiger partial charge in [-0.1, -0.05) is 19.1 Å². The third-order valence-corrected chi connectivity index (χ3v) is 6.05. The summed E-state index contributed by atoms with van der Waals surface area (Å²) in [6.07, 6.45) is 1.03. The number of methoxy groups -OCH3 is 2. The molecule has 28 heavy (non-hydrogen) atoms. The van der Waals surface area contributed by atoms with Crippen molar-refractivity contribution in [2.24, 2.45) is 11.8 Å². The first kappa shape index (κ1) is 18.8. The van der Waals surface area contributed by atoms with Crippen molar-refractivity contribution < 1.29 is 33.6 Å². The summed E-state index contributed by atoms with van der Waals surface area (Å²) in [6, 6.07) is 5.57. The van der Waals surface area contributed by atoms with Gasteiger partial charge in [0.2, 0.25) is 18.3 Å². The van der Waals surface area contributed by atoms with E-state index in [2.05, 4.69) is 6.58 Å². The average Bonchev–Trinajstić information content (AvgIpc) is 3.20. The zero-order valence-corrected chi connectivity index (χ0v) is 16.1. The fourth-order valence-corrected chi connectivity index (χ4v) is 4.93. The van der Waals surface area contributed by atoms with Gasteiger partial charge in [0.05, 0.1) is 13.0 Å². The minimum absolute atomic E-state index is 0.108. The highest BCUT2D eigenvalue weighted by molar-refractivity contribution is 5.88. The molecule has 1 aromatic rings. The van der Waals surface area contributed by atoms with Gasteiger partial charge in [-0.15, -0.1) is 6.58 Å². The van der Waals surface area contributed by atoms with Crippen LogP contribution in [0.4, 0.5) is 0 Å². The number of carbonyl (C=O) groups is 1. The number of carbonyl (C=O) groups excluding carboxylic acids is 1. The molecule has 0 unspecified atom stereocenters. The van der Waals surface area contributed by atoms with Crippen molar-refractivity contribution in [1.29, 1.82) is 0 Å². The Bertz CT molecular complexity index is 845. The van der Waals surface area contributed by atoms with E-state index in [0.717, 1.165) is 5.56 Å². The van der Waals surface area contributed by atoms with Gasteiger partial charge in [0.25, 0.3) is 0 Å². The number of fused-ring (bicyclic) bond motifs is 3. The number of hydrogen-bond donors (Lipinski definition) is 1. The van der Waals surface area contributed by atoms with Crippen LogP contribution < -0.4 is 9.47 Å². The Labute approximate surface area is 163 Å². The molecule has 0 radical (unpaired) electrons. The lowest BCUT2D eigenvalue weighted by Gasteiger charge is -2.36. The summed E-state index contributed by atoms with van der Waals surface area (Å²) in [5.41, 5.74) is 1.51. The van der Waals surface area contributed by atoms with Crippen LogP contribution in [-0.2, 0) is 19.0 Å². The molecule has 2 bridgehead atoms. The Morgan fingerprint density at radius 1 is 1.32 bits per heavy atom. The van der Waals surface area contributed by atoms with Crippen LogP contribution >= 0.6 is 0 Å². The first-order valence-corrected chi connectivity index (χ1v) is 9.22. The molecule has 2 heterocycles. The van der Waals surface area contributed by atoms with Gasteiger partial charge < -0.3 is 28.8 Å². The maximum Gasteiger partial charge on any atom is 0.376 e. The van der Waals surface area contributed by atoms with Gasteiger partial charge in [0.1, 0.15) is 6.10 Å². The monoisotopic (exact) mass is 388 g/mol. The molecule has 1 aliphatic carbocycles. The van der Waals surface area contributed by atoms with Crippen molar-refractivity contribution in [1.82, 2.24) is 0 Å². The standard InChI is InChI=1S/C21H24O7/c1-5-6-13-16-11(2)17(12-7-8-14-15(9-12)27-10-26-14)21(25-4,19(16)22)28-20(23)18(13)24-3/h5,7-9,11,16-17,19,22H,1,6,10H2,2-4H3/t11-,16-,17-,19+,21-/m1/s1. The summed E-state index contributed by atoms with van der Waals surface area (Å²) < 4.78 is 27.8. The molecule has 0 amide bonds. The molecule has 4 rings (SSSR count). The van der Waals surface area contributed by atoms with Crippen molar-refractivity contribution in [2.45, 2.75) is 31.2 Å². The second kappa shape index (κ2) is 6.83. The van der Waals surface area contributed by atoms with Crippen molar-refractivity contribution in [3.8, 4) is 11.5 Å². The van der Waals surface area contributed by atoms with E-state index in [-0.39, 0.29) is 18.5 Å². The molecular weight excluding hydrogens is 364 g/mol. The van der Waals surface area contributed by atoms with Gasteiger partial charge in [-0.3, -0.25) is 0 Å². The maximum absolute atomic E-state index is 12.8. The van der Waals surface area contributed by atoms with Crippen molar-refractivity contribution in [2.75, 3.05) is 21.0 Å². The van der Waals surface area contributed by atoms with Crippen molar-refractivity contribution in [3.63, 3.8) is 0 Å². The van der Waals surface area contributed by atoms with Crippen LogP contribution in [0.15, 0.2) is 42.2 Å². The highest BCUT2D eigenvalue weighted by Gasteiger charge is 2.65. The smallest absolute Gasteiger partial charge is 0.376 e. The van der Waals surface area contributed by atoms with Crippen molar-refractivity contribution >= 4 is 5.97 Å². The van der Waals surface area contributed by atoms with Crippen LogP contribution in [0.2, 0.25) is 0 Å². The molecular formula is C21H24O7. The minimum atomic E-state index is -1.54. The number of hydrogen-bond acceptors (Lipinski definition) is 7. The predicted molar refractivity (Wildman–Crippen MR) is 98.6 cm³/mol. The number of aliphatic hydroxyl groups excluding tert-OH is 1. The molecule has 1 N–H and O–H groups in total. The van der Waals surface area contributed by atoms with Crippen molar-refractivity contribution in [3.05, 3.63) is 47.7 Å². The molecule has 3 aliphatic rings. The van der Waals surface area contributed by atoms with Crippen LogP contribution in [0.5, 0.6) is 11.5 Å². The molecule has 7 nitrogen and oxygen atoms in total. The third kappa shape index (κ3) is 2.46. The van der Waals surface area contributed by atoms with Gasteiger partial charge in [-0.25, -0.2) is 4.79 Å². The summed E-state index contributed by atoms with van der Waals surface area (Å²) in [4.78, 5) is 12.8. The summed E-state index contributed by atoms with van der Waals surface area (Å²) in [7, 11) is 2.86. The van der Waals surface area contributed by atoms with Gasteiger partial charge in [0.15, 0.2) is 11.5 Å². The van der Waals surface area contributed by atoms with Crippen LogP contribution in [0.1, 0.15) is 24.8 Å². The fourth-order valence-electron chi connectivity index (χ4n) is 4.93. The van der Waals surface area contributed by atoms with Crippen LogP contribution in [0.25, 0.3) is 0 Å². The zero-order valence-electron chi connectivity index (χ0n) is 16.1. The Kier molecular flexibility index (Phi) is 4.59. The van der Waals surface area contributed by atoms with E-state index in [1.165, 1.54) is 14.2 Å². The summed E-state index contributed by atoms with van der Waals surface area (Å²) in [6.45, 7) is 5.96. The number of ether oxygens (including phenoxy) is 5. The lowest BCUT2D eigenvalue weighted by Crippen LogP contribution is -2.49. The molecule has 1 aromatic carbocycles. The predicted octanol–water partition coefficient (Wildman–Crippen LogP) is 2.50. The number of rotatable bonds is 5. The van der Waals surface area contributed by atoms with Crippen LogP contribution in [0.3, 0.4) is 0 Å². The van der Waals surface area contributed by atoms with E-state index >= 15 is 0 Å². The first-order valence-electron chi connectivity index (χ1n) is 9.22. The topological polar surface area (TPSA) is 83.5 Å². The second-order valence-corrected chi connectivity index (χ2v) is 7.29. The third-order valence-electron chi connectivity index (χ3n) is 6.05. The number of benzene rings is 1. The Morgan fingerprint density at radius 3 is 2.75 bits per heavy atom. The maximum atomic E-state index is 12.8. The zero-order chi connectivity index (χ0) is 20.1. The number of esters is 1. The van der Waals surface area contributed by atoms with E-state index in [1.807, 2.05) is 25.1 Å². The average molecular weight is 388 g/mol. The first-order chi connectivity index (χ1) is 13.5. The summed E-state index contributed by atoms with van der Waals surface area (Å²) in [5.74, 6) is -1.71. The molecule has 2 aliphatic heterocycles. The molecule has 0 spiro atoms. The van der Waals surface area contributed by atoms with E-state index in [9.17, 15) is 9.90 Å². The normalized spacial score (nSPS) is 33.5. The Hall–Kier alpha value is -2.51. The number of aliphatic hydroxyl groups is 1. The summed E-state index contributed by atoms with van der Waals surface area (Å²) in [5, 5.41) is 11.3. The van der Waals surface area contributed by atoms with E-state index in [0.29, 0.717) is 23.5 Å². The molecule has 0 aromatic heterocycles. The van der Waals surface area contributed by atoms with Gasteiger partial charge >= 0.3 is 5.97 Å². The number of allylic oxidation sites excluding steroid dienone is 1. The molecule has 1 saturated carbocycles. The highest BCUT2D eigenvalue weighted by atomic mass is 16.7. The van der Waals surface area contributed by atoms with E-state index in [1.54, 1.807) is 6.08 Å². The molecule has 0 saturated heterocycles. The van der Waals surface area contributed by atoms with Crippen LogP contribution in [0, 0.1) is 11.8 Å². The van der Waals surface area contributed by atoms with Gasteiger partial charge in [-0.2, -0.15) is 0 Å². The SMILES string of the molecule is C=CCC1=C(OC)C(=O)O[C@@]2(OC)[C@@H](O)[C@@H]1[C@@H](C)[C@@H]2c1ccc2c(c1)OCO2. The van der Waals surface area contributed by atoms with E-state index < -0.39 is 29.7 Å². The molecule has 150 valence electrons. The fraction of sp³-hybridized carbons (Fsp3) is 0.476. The Morgan fingerprint density at radius 2 is 2.07 bits per heavy atom. The van der Waals surface area contributed by atoms with Crippen LogP contribution in [-0.4, -0.2) is 44.0 Å². The largest absolute Gasteiger partial charge is 0.490 e. The highest BCUT2D eigenvalue weighted by Crippen LogP contribution is 2.58. The summed E-state index contributed by atoms with van der Waals surface area (Å²) >= 11 is 0. The lowest BCUT2D eigenvalue weighted by molar-refractivity contribution is -0.257. The minimum Gasteiger partial charge on any atom is -0.490 e. The van der Waals surface area contributed by atoms with Gasteiger partial charge in [0, 0.05) is 13.0 Å². The lowest BCUT2D eigenvalue weighted by atomic mass is 9.80. The quantitative estimate of drug-likeness (QED) is 0.613. The van der Waals surface area contributed by atoms with E-state index in [4.69, 9.17) is 23.7 Å². The molecule has 5 atom stereocenters. The molecule has 7 heteroatoms. The molecule has 1 fully saturated rings.